The molecule has 1 fully saturated rings. The largest absolute Gasteiger partial charge is 0.396 e. The first kappa shape index (κ1) is 13.0. The van der Waals surface area contributed by atoms with E-state index < -0.39 is 5.82 Å². The van der Waals surface area contributed by atoms with Gasteiger partial charge in [-0.1, -0.05) is 0 Å². The number of hydrogen-bond acceptors (Lipinski definition) is 5. The molecule has 0 saturated heterocycles. The third-order valence-electron chi connectivity index (χ3n) is 3.29. The molecule has 0 amide bonds. The van der Waals surface area contributed by atoms with Crippen LogP contribution in [0.2, 0.25) is 0 Å². The molecule has 0 atom stereocenters. The number of aliphatic hydroxyl groups excluding tert-OH is 1. The summed E-state index contributed by atoms with van der Waals surface area (Å²) >= 11 is 0. The van der Waals surface area contributed by atoms with Crippen molar-refractivity contribution in [1.29, 1.82) is 0 Å². The van der Waals surface area contributed by atoms with Crippen LogP contribution in [0.25, 0.3) is 0 Å². The number of nitrogens with zero attached hydrogens (tertiary/aromatic N) is 3. The molecule has 1 aliphatic carbocycles. The summed E-state index contributed by atoms with van der Waals surface area (Å²) in [5, 5.41) is 11.8. The van der Waals surface area contributed by atoms with Crippen LogP contribution in [0, 0.1) is 5.82 Å². The highest BCUT2D eigenvalue weighted by molar-refractivity contribution is 5.45. The lowest BCUT2D eigenvalue weighted by atomic mass is 9.91. The molecule has 6 heteroatoms. The molecule has 0 unspecified atom stereocenters. The SMILES string of the molecule is CNc1ncc(F)c(N(CCCO)C2CCC2)n1. The Labute approximate surface area is 106 Å². The van der Waals surface area contributed by atoms with Crippen LogP contribution in [0.3, 0.4) is 0 Å². The van der Waals surface area contributed by atoms with Crippen molar-refractivity contribution >= 4 is 11.8 Å². The van der Waals surface area contributed by atoms with Crippen LogP contribution in [0.4, 0.5) is 16.2 Å². The summed E-state index contributed by atoms with van der Waals surface area (Å²) in [6.07, 6.45) is 5.10. The Bertz CT molecular complexity index is 398. The zero-order valence-electron chi connectivity index (χ0n) is 10.6. The van der Waals surface area contributed by atoms with Gasteiger partial charge < -0.3 is 15.3 Å². The zero-order chi connectivity index (χ0) is 13.0. The molecule has 1 heterocycles. The second-order valence-corrected chi connectivity index (χ2v) is 4.47. The number of aliphatic hydroxyl groups is 1. The van der Waals surface area contributed by atoms with Gasteiger partial charge in [0.05, 0.1) is 6.20 Å². The molecule has 0 radical (unpaired) electrons. The van der Waals surface area contributed by atoms with Gasteiger partial charge in [-0.2, -0.15) is 4.98 Å². The molecule has 2 N–H and O–H groups in total. The van der Waals surface area contributed by atoms with Crippen LogP contribution in [-0.4, -0.2) is 41.3 Å². The van der Waals surface area contributed by atoms with Crippen LogP contribution in [0.15, 0.2) is 6.20 Å². The van der Waals surface area contributed by atoms with E-state index in [2.05, 4.69) is 15.3 Å². The monoisotopic (exact) mass is 254 g/mol. The van der Waals surface area contributed by atoms with E-state index in [1.807, 2.05) is 4.90 Å². The summed E-state index contributed by atoms with van der Waals surface area (Å²) in [6.45, 7) is 0.729. The first-order valence-corrected chi connectivity index (χ1v) is 6.34. The van der Waals surface area contributed by atoms with Crippen LogP contribution >= 0.6 is 0 Å². The molecule has 18 heavy (non-hydrogen) atoms. The Morgan fingerprint density at radius 1 is 1.56 bits per heavy atom. The lowest BCUT2D eigenvalue weighted by molar-refractivity contribution is 0.282. The minimum atomic E-state index is -0.404. The third kappa shape index (κ3) is 2.69. The van der Waals surface area contributed by atoms with Crippen molar-refractivity contribution in [1.82, 2.24) is 9.97 Å². The summed E-state index contributed by atoms with van der Waals surface area (Å²) in [6, 6.07) is 0.339. The van der Waals surface area contributed by atoms with Crippen molar-refractivity contribution in [2.24, 2.45) is 0 Å². The van der Waals surface area contributed by atoms with E-state index in [9.17, 15) is 4.39 Å². The first-order valence-electron chi connectivity index (χ1n) is 6.34. The van der Waals surface area contributed by atoms with E-state index in [4.69, 9.17) is 5.11 Å². The smallest absolute Gasteiger partial charge is 0.224 e. The summed E-state index contributed by atoms with van der Waals surface area (Å²) in [5.74, 6) is 0.353. The maximum absolute atomic E-state index is 13.8. The summed E-state index contributed by atoms with van der Waals surface area (Å²) in [5.41, 5.74) is 0. The van der Waals surface area contributed by atoms with Gasteiger partial charge in [-0.05, 0) is 25.7 Å². The van der Waals surface area contributed by atoms with Gasteiger partial charge >= 0.3 is 0 Å². The number of rotatable bonds is 6. The van der Waals surface area contributed by atoms with Gasteiger partial charge in [0.1, 0.15) is 0 Å². The quantitative estimate of drug-likeness (QED) is 0.803. The standard InChI is InChI=1S/C12H19FN4O/c1-14-12-15-8-10(13)11(16-12)17(6-3-7-18)9-4-2-5-9/h8-9,18H,2-7H2,1H3,(H,14,15,16). The normalized spacial score (nSPS) is 15.3. The lowest BCUT2D eigenvalue weighted by Crippen LogP contribution is -2.42. The van der Waals surface area contributed by atoms with Crippen molar-refractivity contribution in [2.45, 2.75) is 31.7 Å². The summed E-state index contributed by atoms with van der Waals surface area (Å²) in [4.78, 5) is 10.00. The summed E-state index contributed by atoms with van der Waals surface area (Å²) < 4.78 is 13.8. The summed E-state index contributed by atoms with van der Waals surface area (Å²) in [7, 11) is 1.71. The van der Waals surface area contributed by atoms with E-state index >= 15 is 0 Å². The number of nitrogens with one attached hydrogen (secondary N) is 1. The maximum Gasteiger partial charge on any atom is 0.224 e. The van der Waals surface area contributed by atoms with Gasteiger partial charge in [0.25, 0.3) is 0 Å². The Balaban J connectivity index is 2.22. The number of aromatic nitrogens is 2. The molecule has 100 valence electrons. The fraction of sp³-hybridized carbons (Fsp3) is 0.667. The molecule has 1 saturated carbocycles. The van der Waals surface area contributed by atoms with E-state index in [1.165, 1.54) is 12.6 Å². The van der Waals surface area contributed by atoms with Crippen molar-refractivity contribution < 1.29 is 9.50 Å². The van der Waals surface area contributed by atoms with Crippen LogP contribution < -0.4 is 10.2 Å². The average Bonchev–Trinajstić information content (AvgIpc) is 2.33. The molecular formula is C12H19FN4O. The third-order valence-corrected chi connectivity index (χ3v) is 3.29. The van der Waals surface area contributed by atoms with Crippen LogP contribution in [0.1, 0.15) is 25.7 Å². The van der Waals surface area contributed by atoms with Gasteiger partial charge in [-0.15, -0.1) is 0 Å². The number of halogens is 1. The Kier molecular flexibility index (Phi) is 4.30. The minimum absolute atomic E-state index is 0.106. The number of hydrogen-bond donors (Lipinski definition) is 2. The lowest BCUT2D eigenvalue weighted by Gasteiger charge is -2.38. The number of anilines is 2. The highest BCUT2D eigenvalue weighted by Crippen LogP contribution is 2.30. The van der Waals surface area contributed by atoms with Gasteiger partial charge in [-0.25, -0.2) is 9.37 Å². The van der Waals surface area contributed by atoms with E-state index in [1.54, 1.807) is 7.05 Å². The molecule has 0 bridgehead atoms. The van der Waals surface area contributed by atoms with Crippen molar-refractivity contribution in [3.63, 3.8) is 0 Å². The highest BCUT2D eigenvalue weighted by Gasteiger charge is 2.27. The molecule has 1 aromatic rings. The van der Waals surface area contributed by atoms with Crippen molar-refractivity contribution in [2.75, 3.05) is 30.4 Å². The molecule has 0 aromatic carbocycles. The molecular weight excluding hydrogens is 235 g/mol. The second kappa shape index (κ2) is 5.95. The molecule has 1 aromatic heterocycles. The van der Waals surface area contributed by atoms with Crippen molar-refractivity contribution in [3.05, 3.63) is 12.0 Å². The van der Waals surface area contributed by atoms with E-state index in [0.29, 0.717) is 30.8 Å². The van der Waals surface area contributed by atoms with Gasteiger partial charge in [-0.3, -0.25) is 0 Å². The fourth-order valence-corrected chi connectivity index (χ4v) is 2.08. The second-order valence-electron chi connectivity index (χ2n) is 4.47. The van der Waals surface area contributed by atoms with E-state index in [-0.39, 0.29) is 6.61 Å². The predicted molar refractivity (Wildman–Crippen MR) is 68.2 cm³/mol. The van der Waals surface area contributed by atoms with Crippen molar-refractivity contribution in [3.8, 4) is 0 Å². The average molecular weight is 254 g/mol. The van der Waals surface area contributed by atoms with Gasteiger partial charge in [0.15, 0.2) is 11.6 Å². The fourth-order valence-electron chi connectivity index (χ4n) is 2.08. The minimum Gasteiger partial charge on any atom is -0.396 e. The van der Waals surface area contributed by atoms with Crippen LogP contribution in [-0.2, 0) is 0 Å². The van der Waals surface area contributed by atoms with E-state index in [0.717, 1.165) is 12.8 Å². The Hall–Kier alpha value is -1.43. The molecule has 0 spiro atoms. The molecule has 5 nitrogen and oxygen atoms in total. The predicted octanol–water partition coefficient (Wildman–Crippen LogP) is 1.40. The van der Waals surface area contributed by atoms with Gasteiger partial charge in [0.2, 0.25) is 5.95 Å². The topological polar surface area (TPSA) is 61.3 Å². The molecule has 1 aliphatic rings. The molecule has 0 aliphatic heterocycles. The highest BCUT2D eigenvalue weighted by atomic mass is 19.1. The molecule has 2 rings (SSSR count). The Morgan fingerprint density at radius 2 is 2.33 bits per heavy atom. The zero-order valence-corrected chi connectivity index (χ0v) is 10.6. The first-order chi connectivity index (χ1) is 8.76. The Morgan fingerprint density at radius 3 is 2.89 bits per heavy atom. The van der Waals surface area contributed by atoms with Gasteiger partial charge in [0, 0.05) is 26.2 Å². The maximum atomic E-state index is 13.8. The van der Waals surface area contributed by atoms with Crippen LogP contribution in [0.5, 0.6) is 0 Å².